The minimum atomic E-state index is 0.104. The van der Waals surface area contributed by atoms with E-state index in [1.807, 2.05) is 32.0 Å². The van der Waals surface area contributed by atoms with Gasteiger partial charge < -0.3 is 14.6 Å². The Morgan fingerprint density at radius 1 is 0.867 bits per heavy atom. The van der Waals surface area contributed by atoms with Gasteiger partial charge in [-0.25, -0.2) is 0 Å². The zero-order valence-corrected chi connectivity index (χ0v) is 20.4. The molecule has 0 radical (unpaired) electrons. The van der Waals surface area contributed by atoms with Crippen molar-refractivity contribution in [2.45, 2.75) is 61.3 Å². The van der Waals surface area contributed by atoms with E-state index in [0.29, 0.717) is 33.3 Å². The highest BCUT2D eigenvalue weighted by Gasteiger charge is 2.09. The summed E-state index contributed by atoms with van der Waals surface area (Å²) in [5.74, 6) is 2.71. The standard InChI is InChI=1S/C26H37O3P/c1-17(2)10-12-28-22-8-9-24(23(16-22)29-13-11-18(3)4)30-26(27)25-20(6)14-19(5)15-21(25)7/h8-9,14-18,27H,10-13H2,1-7H3/p-1. The molecule has 4 heteroatoms. The molecule has 2 aromatic carbocycles. The fourth-order valence-electron chi connectivity index (χ4n) is 3.29. The van der Waals surface area contributed by atoms with Crippen molar-refractivity contribution in [2.75, 3.05) is 13.2 Å². The molecule has 0 aliphatic carbocycles. The van der Waals surface area contributed by atoms with Crippen LogP contribution in [0.25, 0.3) is 0 Å². The van der Waals surface area contributed by atoms with Crippen LogP contribution in [-0.4, -0.2) is 18.7 Å². The maximum atomic E-state index is 13.1. The Morgan fingerprint density at radius 2 is 1.43 bits per heavy atom. The molecule has 30 heavy (non-hydrogen) atoms. The summed E-state index contributed by atoms with van der Waals surface area (Å²) in [6, 6.07) is 9.99. The van der Waals surface area contributed by atoms with Gasteiger partial charge >= 0.3 is 0 Å². The predicted molar refractivity (Wildman–Crippen MR) is 128 cm³/mol. The van der Waals surface area contributed by atoms with E-state index in [2.05, 4.69) is 46.8 Å². The van der Waals surface area contributed by atoms with Gasteiger partial charge in [-0.05, 0) is 74.3 Å². The summed E-state index contributed by atoms with van der Waals surface area (Å²) in [5.41, 5.74) is 4.15. The van der Waals surface area contributed by atoms with Crippen LogP contribution in [0.4, 0.5) is 0 Å². The highest BCUT2D eigenvalue weighted by molar-refractivity contribution is 7.49. The molecule has 0 fully saturated rings. The lowest BCUT2D eigenvalue weighted by atomic mass is 10.0. The van der Waals surface area contributed by atoms with Gasteiger partial charge in [-0.1, -0.05) is 53.6 Å². The quantitative estimate of drug-likeness (QED) is 0.466. The first kappa shape index (κ1) is 24.4. The molecule has 2 rings (SSSR count). The molecule has 0 heterocycles. The molecule has 2 aromatic rings. The number of hydrogen-bond donors (Lipinski definition) is 0. The van der Waals surface area contributed by atoms with Gasteiger partial charge in [0, 0.05) is 11.4 Å². The Morgan fingerprint density at radius 3 is 2.00 bits per heavy atom. The van der Waals surface area contributed by atoms with Gasteiger partial charge in [-0.3, -0.25) is 0 Å². The van der Waals surface area contributed by atoms with Crippen LogP contribution in [0.2, 0.25) is 0 Å². The molecule has 3 nitrogen and oxygen atoms in total. The lowest BCUT2D eigenvalue weighted by molar-refractivity contribution is -0.207. The molecule has 0 atom stereocenters. The minimum Gasteiger partial charge on any atom is -0.823 e. The second kappa shape index (κ2) is 11.5. The third-order valence-electron chi connectivity index (χ3n) is 4.96. The molecular formula is C26H36O3P-. The third-order valence-corrected chi connectivity index (χ3v) is 6.00. The van der Waals surface area contributed by atoms with Crippen molar-refractivity contribution in [1.29, 1.82) is 0 Å². The summed E-state index contributed by atoms with van der Waals surface area (Å²) >= 11 is 0. The highest BCUT2D eigenvalue weighted by atomic mass is 31.1. The van der Waals surface area contributed by atoms with Crippen LogP contribution in [0.15, 0.2) is 30.3 Å². The molecule has 0 bridgehead atoms. The van der Waals surface area contributed by atoms with Crippen molar-refractivity contribution in [3.63, 3.8) is 0 Å². The van der Waals surface area contributed by atoms with Crippen LogP contribution < -0.4 is 19.9 Å². The van der Waals surface area contributed by atoms with Crippen LogP contribution in [-0.2, 0) is 0 Å². The molecule has 0 unspecified atom stereocenters. The zero-order chi connectivity index (χ0) is 22.3. The normalized spacial score (nSPS) is 12.0. The zero-order valence-electron chi connectivity index (χ0n) is 19.5. The highest BCUT2D eigenvalue weighted by Crippen LogP contribution is 2.25. The summed E-state index contributed by atoms with van der Waals surface area (Å²) in [5, 5.41) is 14.0. The van der Waals surface area contributed by atoms with Gasteiger partial charge in [0.2, 0.25) is 0 Å². The van der Waals surface area contributed by atoms with Crippen LogP contribution in [0, 0.1) is 32.6 Å². The molecule has 0 saturated heterocycles. The van der Waals surface area contributed by atoms with E-state index in [0.717, 1.165) is 46.3 Å². The molecule has 164 valence electrons. The number of aryl methyl sites for hydroxylation is 3. The summed E-state index contributed by atoms with van der Waals surface area (Å²) < 4.78 is 12.0. The van der Waals surface area contributed by atoms with Crippen molar-refractivity contribution in [3.05, 3.63) is 52.6 Å². The van der Waals surface area contributed by atoms with E-state index in [4.69, 9.17) is 9.47 Å². The fraction of sp³-hybridized carbons (Fsp3) is 0.500. The number of ether oxygens (including phenoxy) is 2. The van der Waals surface area contributed by atoms with Gasteiger partial charge in [0.1, 0.15) is 11.5 Å². The second-order valence-corrected chi connectivity index (χ2v) is 9.99. The van der Waals surface area contributed by atoms with Crippen LogP contribution in [0.3, 0.4) is 0 Å². The molecule has 0 aliphatic heterocycles. The molecule has 0 aliphatic rings. The molecule has 0 aromatic heterocycles. The first-order valence-electron chi connectivity index (χ1n) is 10.9. The van der Waals surface area contributed by atoms with E-state index in [1.165, 1.54) is 5.56 Å². The fourth-order valence-corrected chi connectivity index (χ4v) is 4.36. The van der Waals surface area contributed by atoms with E-state index < -0.39 is 0 Å². The van der Waals surface area contributed by atoms with Crippen LogP contribution >= 0.6 is 8.20 Å². The van der Waals surface area contributed by atoms with Crippen molar-refractivity contribution in [2.24, 2.45) is 11.8 Å². The molecule has 0 N–H and O–H groups in total. The predicted octanol–water partition coefficient (Wildman–Crippen LogP) is 5.57. The summed E-state index contributed by atoms with van der Waals surface area (Å²) in [7, 11) is 0.630. The average molecular weight is 428 g/mol. The van der Waals surface area contributed by atoms with Crippen molar-refractivity contribution >= 4 is 19.0 Å². The Labute approximate surface area is 184 Å². The Hall–Kier alpha value is -1.83. The van der Waals surface area contributed by atoms with Crippen molar-refractivity contribution < 1.29 is 14.6 Å². The van der Waals surface area contributed by atoms with Crippen LogP contribution in [0.1, 0.15) is 62.8 Å². The van der Waals surface area contributed by atoms with Gasteiger partial charge in [-0.15, -0.1) is 5.48 Å². The van der Waals surface area contributed by atoms with Gasteiger partial charge in [-0.2, -0.15) is 0 Å². The molecule has 0 amide bonds. The Balaban J connectivity index is 2.33. The SMILES string of the molecule is Cc1cc(C)c(C([O-])=Pc2ccc(OCCC(C)C)cc2OCCC(C)C)c(C)c1. The van der Waals surface area contributed by atoms with E-state index in [9.17, 15) is 5.11 Å². The summed E-state index contributed by atoms with van der Waals surface area (Å²) in [6.07, 6.45) is 1.98. The maximum absolute atomic E-state index is 13.1. The lowest BCUT2D eigenvalue weighted by Gasteiger charge is -2.20. The Kier molecular flexibility index (Phi) is 9.39. The lowest BCUT2D eigenvalue weighted by Crippen LogP contribution is -2.21. The third kappa shape index (κ3) is 7.45. The smallest absolute Gasteiger partial charge is 0.134 e. The largest absolute Gasteiger partial charge is 0.823 e. The number of benzene rings is 2. The average Bonchev–Trinajstić information content (AvgIpc) is 2.62. The first-order valence-corrected chi connectivity index (χ1v) is 11.8. The van der Waals surface area contributed by atoms with Gasteiger partial charge in [0.05, 0.1) is 13.2 Å². The maximum Gasteiger partial charge on any atom is 0.134 e. The van der Waals surface area contributed by atoms with Crippen molar-refractivity contribution in [3.8, 4) is 11.5 Å². The molecule has 0 saturated carbocycles. The van der Waals surface area contributed by atoms with Crippen LogP contribution in [0.5, 0.6) is 11.5 Å². The first-order chi connectivity index (χ1) is 14.2. The molecular weight excluding hydrogens is 391 g/mol. The van der Waals surface area contributed by atoms with Gasteiger partial charge in [0.25, 0.3) is 0 Å². The summed E-state index contributed by atoms with van der Waals surface area (Å²) in [6.45, 7) is 16.1. The van der Waals surface area contributed by atoms with E-state index >= 15 is 0 Å². The topological polar surface area (TPSA) is 41.5 Å². The van der Waals surface area contributed by atoms with Gasteiger partial charge in [0.15, 0.2) is 0 Å². The van der Waals surface area contributed by atoms with E-state index in [-0.39, 0.29) is 5.48 Å². The number of rotatable bonds is 10. The number of hydrogen-bond acceptors (Lipinski definition) is 3. The molecule has 0 spiro atoms. The second-order valence-electron chi connectivity index (χ2n) is 8.88. The van der Waals surface area contributed by atoms with E-state index in [1.54, 1.807) is 0 Å². The summed E-state index contributed by atoms with van der Waals surface area (Å²) in [4.78, 5) is 0. The monoisotopic (exact) mass is 427 g/mol. The minimum absolute atomic E-state index is 0.104. The van der Waals surface area contributed by atoms with Crippen molar-refractivity contribution in [1.82, 2.24) is 0 Å². The Bertz CT molecular complexity index is 846.